The van der Waals surface area contributed by atoms with E-state index in [1.165, 1.54) is 24.3 Å². The predicted octanol–water partition coefficient (Wildman–Crippen LogP) is 1.10. The first-order valence-corrected chi connectivity index (χ1v) is 10.2. The normalized spacial score (nSPS) is 11.1. The first kappa shape index (κ1) is 19.5. The van der Waals surface area contributed by atoms with Crippen LogP contribution in [0.5, 0.6) is 0 Å². The van der Waals surface area contributed by atoms with Gasteiger partial charge in [0.2, 0.25) is 20.9 Å². The highest BCUT2D eigenvalue weighted by Crippen LogP contribution is 2.16. The summed E-state index contributed by atoms with van der Waals surface area (Å²) in [6, 6.07) is 11.8. The molecule has 0 radical (unpaired) electrons. The summed E-state index contributed by atoms with van der Waals surface area (Å²) < 4.78 is 50.1. The molecule has 2 rings (SSSR count). The summed E-state index contributed by atoms with van der Waals surface area (Å²) >= 11 is 0. The van der Waals surface area contributed by atoms with Crippen LogP contribution in [0.2, 0.25) is 0 Å². The Labute approximate surface area is 152 Å². The van der Waals surface area contributed by atoms with Crippen LogP contribution >= 0.6 is 0 Å². The lowest BCUT2D eigenvalue weighted by Crippen LogP contribution is -2.20. The van der Waals surface area contributed by atoms with Gasteiger partial charge in [0.25, 0.3) is 0 Å². The molecule has 0 fully saturated rings. The number of anilines is 3. The lowest BCUT2D eigenvalue weighted by Gasteiger charge is -2.09. The molecule has 2 aromatic carbocycles. The van der Waals surface area contributed by atoms with Gasteiger partial charge in [0.1, 0.15) is 0 Å². The number of nitrogens with one attached hydrogen (secondary N) is 3. The van der Waals surface area contributed by atoms with Crippen LogP contribution in [0.25, 0.3) is 0 Å². The molecule has 0 aliphatic heterocycles. The summed E-state index contributed by atoms with van der Waals surface area (Å²) in [7, 11) is -6.31. The van der Waals surface area contributed by atoms with Crippen molar-refractivity contribution >= 4 is 44.0 Å². The zero-order chi connectivity index (χ0) is 19.2. The molecule has 0 spiro atoms. The quantitative estimate of drug-likeness (QED) is 0.422. The highest BCUT2D eigenvalue weighted by molar-refractivity contribution is 7.92. The van der Waals surface area contributed by atoms with E-state index in [1.54, 1.807) is 24.3 Å². The number of nitrogens with two attached hydrogens (primary N) is 1. The highest BCUT2D eigenvalue weighted by Gasteiger charge is 2.11. The van der Waals surface area contributed by atoms with E-state index in [2.05, 4.69) is 14.8 Å². The maximum Gasteiger partial charge on any atom is 0.316 e. The molecule has 0 aliphatic rings. The summed E-state index contributed by atoms with van der Waals surface area (Å²) in [5.41, 5.74) is 6.97. The Kier molecular flexibility index (Phi) is 6.41. The number of hydrogen-bond donors (Lipinski definition) is 5. The summed E-state index contributed by atoms with van der Waals surface area (Å²) in [6.45, 7) is 0. The van der Waals surface area contributed by atoms with Crippen LogP contribution in [-0.2, 0) is 27.3 Å². The Morgan fingerprint density at radius 3 is 2.00 bits per heavy atom. The zero-order valence-corrected chi connectivity index (χ0v) is 15.2. The SMILES string of the molecule is NC(=O)Nc1ccc(NS(=O)(=O)CCc2ccc(N[SH](=O)=O)cc2)cc1. The van der Waals surface area contributed by atoms with Crippen molar-refractivity contribution in [3.63, 3.8) is 0 Å². The molecular formula is C15H18N4O5S2. The number of hydrogen-bond acceptors (Lipinski definition) is 5. The van der Waals surface area contributed by atoms with Crippen molar-refractivity contribution in [1.82, 2.24) is 0 Å². The summed E-state index contributed by atoms with van der Waals surface area (Å²) in [4.78, 5) is 10.7. The van der Waals surface area contributed by atoms with Crippen molar-refractivity contribution in [3.05, 3.63) is 54.1 Å². The first-order valence-electron chi connectivity index (χ1n) is 7.40. The smallest absolute Gasteiger partial charge is 0.316 e. The fraction of sp³-hybridized carbons (Fsp3) is 0.133. The molecule has 26 heavy (non-hydrogen) atoms. The van der Waals surface area contributed by atoms with Crippen molar-refractivity contribution in [1.29, 1.82) is 0 Å². The number of benzene rings is 2. The molecule has 140 valence electrons. The molecule has 0 unspecified atom stereocenters. The largest absolute Gasteiger partial charge is 0.351 e. The minimum Gasteiger partial charge on any atom is -0.351 e. The molecule has 0 saturated carbocycles. The number of aryl methyl sites for hydroxylation is 1. The van der Waals surface area contributed by atoms with Crippen LogP contribution in [0.1, 0.15) is 5.56 Å². The van der Waals surface area contributed by atoms with Gasteiger partial charge in [0.05, 0.1) is 5.75 Å². The van der Waals surface area contributed by atoms with Gasteiger partial charge in [0, 0.05) is 17.1 Å². The van der Waals surface area contributed by atoms with E-state index >= 15 is 0 Å². The Hall–Kier alpha value is -2.79. The van der Waals surface area contributed by atoms with E-state index in [0.717, 1.165) is 5.56 Å². The zero-order valence-electron chi connectivity index (χ0n) is 13.5. The number of urea groups is 1. The number of carbonyl (C=O) groups excluding carboxylic acids is 1. The molecule has 0 aromatic heterocycles. The van der Waals surface area contributed by atoms with E-state index in [4.69, 9.17) is 5.73 Å². The topological polar surface area (TPSA) is 147 Å². The number of carbonyl (C=O) groups is 1. The molecule has 5 N–H and O–H groups in total. The van der Waals surface area contributed by atoms with Gasteiger partial charge < -0.3 is 11.1 Å². The molecular weight excluding hydrogens is 380 g/mol. The maximum atomic E-state index is 12.2. The monoisotopic (exact) mass is 398 g/mol. The first-order chi connectivity index (χ1) is 12.2. The van der Waals surface area contributed by atoms with Crippen LogP contribution < -0.4 is 20.5 Å². The van der Waals surface area contributed by atoms with E-state index in [9.17, 15) is 21.6 Å². The van der Waals surface area contributed by atoms with Gasteiger partial charge in [-0.3, -0.25) is 9.44 Å². The number of amides is 2. The fourth-order valence-corrected chi connectivity index (χ4v) is 3.56. The van der Waals surface area contributed by atoms with Crippen molar-refractivity contribution < 1.29 is 21.6 Å². The van der Waals surface area contributed by atoms with Crippen molar-refractivity contribution in [3.8, 4) is 0 Å². The van der Waals surface area contributed by atoms with Gasteiger partial charge in [-0.25, -0.2) is 21.6 Å². The molecule has 0 bridgehead atoms. The molecule has 0 saturated heterocycles. The Morgan fingerprint density at radius 2 is 1.46 bits per heavy atom. The van der Waals surface area contributed by atoms with Crippen LogP contribution in [0, 0.1) is 0 Å². The van der Waals surface area contributed by atoms with Crippen LogP contribution in [0.3, 0.4) is 0 Å². The van der Waals surface area contributed by atoms with Crippen LogP contribution in [0.15, 0.2) is 48.5 Å². The molecule has 2 aromatic rings. The van der Waals surface area contributed by atoms with Crippen LogP contribution in [-0.4, -0.2) is 28.6 Å². The summed E-state index contributed by atoms with van der Waals surface area (Å²) in [5, 5.41) is 2.38. The van der Waals surface area contributed by atoms with Gasteiger partial charge in [0.15, 0.2) is 0 Å². The van der Waals surface area contributed by atoms with Gasteiger partial charge >= 0.3 is 6.03 Å². The number of rotatable bonds is 8. The third-order valence-electron chi connectivity index (χ3n) is 3.26. The molecule has 2 amide bonds. The fourth-order valence-electron chi connectivity index (χ4n) is 2.10. The second-order valence-electron chi connectivity index (χ2n) is 5.30. The summed E-state index contributed by atoms with van der Waals surface area (Å²) in [6.07, 6.45) is 0.264. The van der Waals surface area contributed by atoms with Crippen molar-refractivity contribution in [2.24, 2.45) is 5.73 Å². The third-order valence-corrected chi connectivity index (χ3v) is 4.99. The highest BCUT2D eigenvalue weighted by atomic mass is 32.2. The van der Waals surface area contributed by atoms with Gasteiger partial charge in [-0.05, 0) is 48.4 Å². The number of primary amides is 1. The standard InChI is InChI=1S/C15H18N4O5S2/c16-15(20)17-12-5-7-14(8-6-12)19-26(23,24)10-9-11-1-3-13(4-2-11)18-25(21)22/h1-8,19,25H,9-10H2,(H3,16,17,20)(H,18,21,22). The average molecular weight is 398 g/mol. The van der Waals surface area contributed by atoms with Gasteiger partial charge in [-0.2, -0.15) is 0 Å². The second kappa shape index (κ2) is 8.54. The Balaban J connectivity index is 1.93. The Bertz CT molecular complexity index is 931. The van der Waals surface area contributed by atoms with Gasteiger partial charge in [-0.1, -0.05) is 12.1 Å². The predicted molar refractivity (Wildman–Crippen MR) is 101 cm³/mol. The second-order valence-corrected chi connectivity index (χ2v) is 7.88. The van der Waals surface area contributed by atoms with Gasteiger partial charge in [-0.15, -0.1) is 0 Å². The van der Waals surface area contributed by atoms with Crippen LogP contribution in [0.4, 0.5) is 21.9 Å². The van der Waals surface area contributed by atoms with E-state index in [0.29, 0.717) is 17.1 Å². The van der Waals surface area contributed by atoms with E-state index < -0.39 is 26.9 Å². The minimum atomic E-state index is -3.57. The third kappa shape index (κ3) is 6.61. The molecule has 9 nitrogen and oxygen atoms in total. The van der Waals surface area contributed by atoms with E-state index in [1.807, 2.05) is 0 Å². The van der Waals surface area contributed by atoms with Crippen molar-refractivity contribution in [2.75, 3.05) is 20.5 Å². The maximum absolute atomic E-state index is 12.2. The molecule has 11 heteroatoms. The Morgan fingerprint density at radius 1 is 0.923 bits per heavy atom. The average Bonchev–Trinajstić information content (AvgIpc) is 2.55. The number of sulfonamides is 1. The molecule has 0 aliphatic carbocycles. The molecule has 0 atom stereocenters. The minimum absolute atomic E-state index is 0.142. The number of thiol groups is 1. The van der Waals surface area contributed by atoms with Crippen molar-refractivity contribution in [2.45, 2.75) is 6.42 Å². The lowest BCUT2D eigenvalue weighted by atomic mass is 10.2. The molecule has 0 heterocycles. The van der Waals surface area contributed by atoms with E-state index in [-0.39, 0.29) is 12.2 Å². The summed E-state index contributed by atoms with van der Waals surface area (Å²) in [5.74, 6) is -0.142. The lowest BCUT2D eigenvalue weighted by molar-refractivity contribution is 0.259.